The second-order valence-corrected chi connectivity index (χ2v) is 3.34. The highest BCUT2D eigenvalue weighted by Crippen LogP contribution is 2.06. The molecule has 7 nitrogen and oxygen atoms in total. The molecule has 0 aromatic carbocycles. The van der Waals surface area contributed by atoms with E-state index in [0.29, 0.717) is 0 Å². The zero-order chi connectivity index (χ0) is 12.4. The number of ether oxygens (including phenoxy) is 1. The number of hydrogen-bond acceptors (Lipinski definition) is 5. The fourth-order valence-corrected chi connectivity index (χ4v) is 1.34. The average molecular weight is 236 g/mol. The molecular formula is C10H8N2O5. The first kappa shape index (κ1) is 11.2. The van der Waals surface area contributed by atoms with Crippen molar-refractivity contribution in [2.24, 2.45) is 0 Å². The lowest BCUT2D eigenvalue weighted by atomic mass is 10.6. The molecule has 17 heavy (non-hydrogen) atoms. The number of rotatable bonds is 4. The molecule has 4 amide bonds. The summed E-state index contributed by atoms with van der Waals surface area (Å²) in [6.45, 7) is -0.580. The van der Waals surface area contributed by atoms with Crippen LogP contribution in [-0.2, 0) is 23.9 Å². The molecule has 0 saturated heterocycles. The summed E-state index contributed by atoms with van der Waals surface area (Å²) in [4.78, 5) is 46.2. The van der Waals surface area contributed by atoms with Crippen LogP contribution >= 0.6 is 0 Å². The van der Waals surface area contributed by atoms with Crippen molar-refractivity contribution >= 4 is 23.6 Å². The van der Waals surface area contributed by atoms with Gasteiger partial charge < -0.3 is 4.74 Å². The second-order valence-electron chi connectivity index (χ2n) is 3.34. The maximum absolute atomic E-state index is 11.1. The first-order valence-corrected chi connectivity index (χ1v) is 4.74. The summed E-state index contributed by atoms with van der Waals surface area (Å²) in [6.07, 6.45) is 4.50. The summed E-state index contributed by atoms with van der Waals surface area (Å²) in [5, 5.41) is 0. The molecule has 2 aliphatic rings. The van der Waals surface area contributed by atoms with Gasteiger partial charge >= 0.3 is 0 Å². The molecule has 0 spiro atoms. The Labute approximate surface area is 95.9 Å². The standard InChI is InChI=1S/C10H8N2O5/c13-7-1-2-8(14)11(7)5-17-6-12-9(15)3-4-10(12)16/h1-4H,5-6H2. The number of hydrogen-bond donors (Lipinski definition) is 0. The molecule has 0 fully saturated rings. The largest absolute Gasteiger partial charge is 0.340 e. The number of amides is 4. The smallest absolute Gasteiger partial charge is 0.255 e. The van der Waals surface area contributed by atoms with Crippen LogP contribution in [0.5, 0.6) is 0 Å². The fourth-order valence-electron chi connectivity index (χ4n) is 1.34. The first-order chi connectivity index (χ1) is 8.09. The Kier molecular flexibility index (Phi) is 2.84. The van der Waals surface area contributed by atoms with Gasteiger partial charge in [-0.25, -0.2) is 0 Å². The van der Waals surface area contributed by atoms with Gasteiger partial charge in [0.1, 0.15) is 13.5 Å². The summed E-state index contributed by atoms with van der Waals surface area (Å²) in [7, 11) is 0. The van der Waals surface area contributed by atoms with Gasteiger partial charge in [0.05, 0.1) is 0 Å². The lowest BCUT2D eigenvalue weighted by Gasteiger charge is -2.17. The van der Waals surface area contributed by atoms with E-state index in [-0.39, 0.29) is 13.5 Å². The highest BCUT2D eigenvalue weighted by molar-refractivity contribution is 6.13. The molecule has 0 unspecified atom stereocenters. The van der Waals surface area contributed by atoms with Gasteiger partial charge in [0.2, 0.25) is 0 Å². The zero-order valence-corrected chi connectivity index (χ0v) is 8.66. The van der Waals surface area contributed by atoms with Crippen molar-refractivity contribution < 1.29 is 23.9 Å². The normalized spacial score (nSPS) is 19.1. The SMILES string of the molecule is O=C1C=CC(=O)N1COCN1C(=O)C=CC1=O. The molecule has 2 rings (SSSR count). The second kappa shape index (κ2) is 4.30. The van der Waals surface area contributed by atoms with Crippen LogP contribution in [0.15, 0.2) is 24.3 Å². The van der Waals surface area contributed by atoms with Crippen molar-refractivity contribution in [2.45, 2.75) is 0 Å². The van der Waals surface area contributed by atoms with Crippen LogP contribution in [0.25, 0.3) is 0 Å². The van der Waals surface area contributed by atoms with Gasteiger partial charge in [-0.2, -0.15) is 0 Å². The summed E-state index contributed by atoms with van der Waals surface area (Å²) in [5.74, 6) is -1.92. The number of carbonyl (C=O) groups is 4. The predicted octanol–water partition coefficient (Wildman–Crippen LogP) is -1.23. The third-order valence-electron chi connectivity index (χ3n) is 2.24. The van der Waals surface area contributed by atoms with Crippen molar-refractivity contribution in [1.29, 1.82) is 0 Å². The lowest BCUT2D eigenvalue weighted by molar-refractivity contribution is -0.149. The van der Waals surface area contributed by atoms with Crippen molar-refractivity contribution in [3.8, 4) is 0 Å². The minimum absolute atomic E-state index is 0.290. The van der Waals surface area contributed by atoms with Crippen LogP contribution < -0.4 is 0 Å². The topological polar surface area (TPSA) is 84.0 Å². The Morgan fingerprint density at radius 2 is 1.00 bits per heavy atom. The molecule has 88 valence electrons. The van der Waals surface area contributed by atoms with Gasteiger partial charge in [-0.1, -0.05) is 0 Å². The molecule has 2 aliphatic heterocycles. The molecule has 0 aromatic heterocycles. The number of carbonyl (C=O) groups excluding carboxylic acids is 4. The molecule has 0 aliphatic carbocycles. The van der Waals surface area contributed by atoms with Crippen molar-refractivity contribution in [1.82, 2.24) is 9.80 Å². The van der Waals surface area contributed by atoms with E-state index >= 15 is 0 Å². The van der Waals surface area contributed by atoms with E-state index in [0.717, 1.165) is 34.1 Å². The van der Waals surface area contributed by atoms with Gasteiger partial charge in [0.25, 0.3) is 23.6 Å². The van der Waals surface area contributed by atoms with Gasteiger partial charge in [-0.15, -0.1) is 0 Å². The Morgan fingerprint density at radius 1 is 0.706 bits per heavy atom. The first-order valence-electron chi connectivity index (χ1n) is 4.74. The molecule has 0 N–H and O–H groups in total. The van der Waals surface area contributed by atoms with Crippen LogP contribution in [0.3, 0.4) is 0 Å². The highest BCUT2D eigenvalue weighted by Gasteiger charge is 2.26. The minimum atomic E-state index is -0.479. The Bertz CT molecular complexity index is 387. The summed E-state index contributed by atoms with van der Waals surface area (Å²) in [6, 6.07) is 0. The van der Waals surface area contributed by atoms with Gasteiger partial charge in [-0.05, 0) is 0 Å². The quantitative estimate of drug-likeness (QED) is 0.570. The van der Waals surface area contributed by atoms with E-state index in [2.05, 4.69) is 0 Å². The maximum atomic E-state index is 11.1. The van der Waals surface area contributed by atoms with E-state index in [1.54, 1.807) is 0 Å². The zero-order valence-electron chi connectivity index (χ0n) is 8.66. The fraction of sp³-hybridized carbons (Fsp3) is 0.200. The molecule has 0 atom stereocenters. The van der Waals surface area contributed by atoms with E-state index in [4.69, 9.17) is 4.74 Å². The minimum Gasteiger partial charge on any atom is -0.340 e. The van der Waals surface area contributed by atoms with Crippen LogP contribution in [-0.4, -0.2) is 46.9 Å². The monoisotopic (exact) mass is 236 g/mol. The molecule has 0 saturated carbocycles. The van der Waals surface area contributed by atoms with Crippen molar-refractivity contribution in [3.63, 3.8) is 0 Å². The molecule has 0 radical (unpaired) electrons. The Balaban J connectivity index is 1.81. The lowest BCUT2D eigenvalue weighted by Crippen LogP contribution is -2.37. The molecule has 2 heterocycles. The van der Waals surface area contributed by atoms with Gasteiger partial charge in [0.15, 0.2) is 0 Å². The summed E-state index contributed by atoms with van der Waals surface area (Å²) in [5.41, 5.74) is 0. The number of imide groups is 2. The third-order valence-corrected chi connectivity index (χ3v) is 2.24. The van der Waals surface area contributed by atoms with Crippen LogP contribution in [0.4, 0.5) is 0 Å². The highest BCUT2D eigenvalue weighted by atomic mass is 16.5. The number of nitrogens with zero attached hydrogens (tertiary/aromatic N) is 2. The van der Waals surface area contributed by atoms with E-state index in [1.165, 1.54) is 0 Å². The molecule has 0 bridgehead atoms. The van der Waals surface area contributed by atoms with Crippen molar-refractivity contribution in [2.75, 3.05) is 13.5 Å². The van der Waals surface area contributed by atoms with Gasteiger partial charge in [-0.3, -0.25) is 29.0 Å². The molecular weight excluding hydrogens is 228 g/mol. The Hall–Kier alpha value is -2.28. The summed E-state index contributed by atoms with van der Waals surface area (Å²) < 4.78 is 4.97. The van der Waals surface area contributed by atoms with Crippen molar-refractivity contribution in [3.05, 3.63) is 24.3 Å². The summed E-state index contributed by atoms with van der Waals surface area (Å²) >= 11 is 0. The van der Waals surface area contributed by atoms with E-state index in [1.807, 2.05) is 0 Å². The van der Waals surface area contributed by atoms with Gasteiger partial charge in [0, 0.05) is 24.3 Å². The van der Waals surface area contributed by atoms with E-state index in [9.17, 15) is 19.2 Å². The molecule has 0 aromatic rings. The van der Waals surface area contributed by atoms with Crippen LogP contribution in [0, 0.1) is 0 Å². The average Bonchev–Trinajstić information content (AvgIpc) is 2.77. The predicted molar refractivity (Wildman–Crippen MR) is 52.8 cm³/mol. The van der Waals surface area contributed by atoms with E-state index < -0.39 is 23.6 Å². The maximum Gasteiger partial charge on any atom is 0.255 e. The van der Waals surface area contributed by atoms with Crippen LogP contribution in [0.1, 0.15) is 0 Å². The Morgan fingerprint density at radius 3 is 1.29 bits per heavy atom. The van der Waals surface area contributed by atoms with Crippen LogP contribution in [0.2, 0.25) is 0 Å². The third kappa shape index (κ3) is 2.13. The molecule has 7 heteroatoms.